The first-order valence-electron chi connectivity index (χ1n) is 8.38. The first-order chi connectivity index (χ1) is 11.9. The number of aryl methyl sites for hydroxylation is 1. The number of anilines is 2. The van der Waals surface area contributed by atoms with Gasteiger partial charge in [-0.05, 0) is 50.3 Å². The van der Waals surface area contributed by atoms with Crippen LogP contribution < -0.4 is 10.2 Å². The van der Waals surface area contributed by atoms with Crippen LogP contribution in [0.4, 0.5) is 10.7 Å². The lowest BCUT2D eigenvalue weighted by Gasteiger charge is -2.36. The zero-order valence-electron chi connectivity index (χ0n) is 14.9. The molecule has 2 aromatic rings. The minimum atomic E-state index is -0.230. The van der Waals surface area contributed by atoms with Crippen molar-refractivity contribution in [2.75, 3.05) is 16.5 Å². The fraction of sp³-hybridized carbons (Fsp3) is 0.421. The number of nitrogens with zero attached hydrogens (tertiary/aromatic N) is 1. The summed E-state index contributed by atoms with van der Waals surface area (Å²) >= 11 is 3.30. The topological polar surface area (TPSA) is 41.6 Å². The molecule has 0 aliphatic carbocycles. The maximum absolute atomic E-state index is 13.5. The van der Waals surface area contributed by atoms with Crippen LogP contribution in [0.25, 0.3) is 0 Å². The Bertz CT molecular complexity index is 844. The van der Waals surface area contributed by atoms with E-state index in [0.717, 1.165) is 33.8 Å². The molecule has 1 atom stereocenters. The van der Waals surface area contributed by atoms with Crippen molar-refractivity contribution in [1.82, 2.24) is 0 Å². The van der Waals surface area contributed by atoms with Gasteiger partial charge in [0.15, 0.2) is 5.50 Å². The molecule has 25 heavy (non-hydrogen) atoms. The van der Waals surface area contributed by atoms with Gasteiger partial charge in [-0.1, -0.05) is 12.1 Å². The molecule has 2 aliphatic rings. The Balaban J connectivity index is 1.81. The van der Waals surface area contributed by atoms with Gasteiger partial charge in [0.2, 0.25) is 0 Å². The Hall–Kier alpha value is -1.50. The molecule has 0 saturated heterocycles. The number of fused-ring (bicyclic) bond motifs is 3. The quantitative estimate of drug-likeness (QED) is 0.832. The van der Waals surface area contributed by atoms with Crippen molar-refractivity contribution < 1.29 is 9.53 Å². The second-order valence-electron chi connectivity index (χ2n) is 7.18. The van der Waals surface area contributed by atoms with Crippen LogP contribution >= 0.6 is 23.1 Å². The Kier molecular flexibility index (Phi) is 4.09. The molecule has 132 valence electrons. The monoisotopic (exact) mass is 374 g/mol. The summed E-state index contributed by atoms with van der Waals surface area (Å²) in [6.07, 6.45) is 2.80. The third kappa shape index (κ3) is 2.86. The molecule has 1 aromatic heterocycles. The van der Waals surface area contributed by atoms with Gasteiger partial charge in [0.1, 0.15) is 5.00 Å². The lowest BCUT2D eigenvalue weighted by Crippen LogP contribution is -2.47. The third-order valence-corrected chi connectivity index (χ3v) is 6.62. The van der Waals surface area contributed by atoms with E-state index in [1.54, 1.807) is 23.1 Å². The van der Waals surface area contributed by atoms with Crippen LogP contribution in [-0.2, 0) is 17.8 Å². The summed E-state index contributed by atoms with van der Waals surface area (Å²) in [4.78, 5) is 16.5. The van der Waals surface area contributed by atoms with Crippen molar-refractivity contribution in [2.24, 2.45) is 0 Å². The van der Waals surface area contributed by atoms with E-state index in [4.69, 9.17) is 4.74 Å². The van der Waals surface area contributed by atoms with Gasteiger partial charge >= 0.3 is 0 Å². The summed E-state index contributed by atoms with van der Waals surface area (Å²) in [7, 11) is 0. The molecule has 1 amide bonds. The van der Waals surface area contributed by atoms with Crippen LogP contribution in [0.5, 0.6) is 0 Å². The van der Waals surface area contributed by atoms with Crippen LogP contribution in [-0.4, -0.2) is 23.3 Å². The van der Waals surface area contributed by atoms with Crippen molar-refractivity contribution in [3.8, 4) is 0 Å². The molecule has 1 aromatic carbocycles. The van der Waals surface area contributed by atoms with Crippen LogP contribution in [0, 0.1) is 6.92 Å². The molecule has 1 unspecified atom stereocenters. The molecule has 2 aliphatic heterocycles. The van der Waals surface area contributed by atoms with Gasteiger partial charge in [-0.25, -0.2) is 0 Å². The predicted octanol–water partition coefficient (Wildman–Crippen LogP) is 4.63. The summed E-state index contributed by atoms with van der Waals surface area (Å²) in [5.41, 5.74) is 3.75. The van der Waals surface area contributed by atoms with Crippen molar-refractivity contribution in [1.29, 1.82) is 0 Å². The maximum Gasteiger partial charge on any atom is 0.263 e. The molecule has 0 spiro atoms. The summed E-state index contributed by atoms with van der Waals surface area (Å²) < 4.78 is 5.94. The van der Waals surface area contributed by atoms with Gasteiger partial charge in [-0.2, -0.15) is 0 Å². The maximum atomic E-state index is 13.5. The normalized spacial score (nSPS) is 21.5. The SMILES string of the molecule is CSC1Nc2sc3c(c2C(=O)N1c1cccc(C)c1)CC(C)(C)OC3. The fourth-order valence-electron chi connectivity index (χ4n) is 3.48. The molecule has 3 heterocycles. The van der Waals surface area contributed by atoms with E-state index in [-0.39, 0.29) is 17.0 Å². The average Bonchev–Trinajstić information content (AvgIpc) is 2.91. The summed E-state index contributed by atoms with van der Waals surface area (Å²) in [5.74, 6) is 0.0916. The number of hydrogen-bond acceptors (Lipinski definition) is 5. The minimum Gasteiger partial charge on any atom is -0.370 e. The van der Waals surface area contributed by atoms with E-state index >= 15 is 0 Å². The van der Waals surface area contributed by atoms with E-state index < -0.39 is 0 Å². The lowest BCUT2D eigenvalue weighted by atomic mass is 9.92. The highest BCUT2D eigenvalue weighted by Crippen LogP contribution is 2.45. The highest BCUT2D eigenvalue weighted by Gasteiger charge is 2.40. The number of nitrogens with one attached hydrogen (secondary N) is 1. The zero-order chi connectivity index (χ0) is 17.8. The van der Waals surface area contributed by atoms with Gasteiger partial charge in [0, 0.05) is 17.0 Å². The number of carbonyl (C=O) groups is 1. The second kappa shape index (κ2) is 6.04. The van der Waals surface area contributed by atoms with Crippen LogP contribution in [0.1, 0.15) is 40.2 Å². The van der Waals surface area contributed by atoms with Crippen molar-refractivity contribution in [3.63, 3.8) is 0 Å². The van der Waals surface area contributed by atoms with Crippen LogP contribution in [0.2, 0.25) is 0 Å². The number of amides is 1. The number of thioether (sulfide) groups is 1. The molecular weight excluding hydrogens is 352 g/mol. The van der Waals surface area contributed by atoms with E-state index in [9.17, 15) is 4.79 Å². The first kappa shape index (κ1) is 16.9. The zero-order valence-corrected chi connectivity index (χ0v) is 16.5. The number of thiophene rings is 1. The van der Waals surface area contributed by atoms with Crippen LogP contribution in [0.3, 0.4) is 0 Å². The van der Waals surface area contributed by atoms with Gasteiger partial charge < -0.3 is 10.1 Å². The molecule has 4 rings (SSSR count). The molecule has 0 saturated carbocycles. The van der Waals surface area contributed by atoms with Crippen molar-refractivity contribution in [2.45, 2.75) is 44.9 Å². The number of benzene rings is 1. The standard InChI is InChI=1S/C19H22N2O2S2/c1-11-6-5-7-12(8-11)21-17(22)15-13-9-19(2,3)23-10-14(13)25-16(15)20-18(21)24-4/h5-8,18,20H,9-10H2,1-4H3. The molecule has 4 nitrogen and oxygen atoms in total. The summed E-state index contributed by atoms with van der Waals surface area (Å²) in [6.45, 7) is 6.81. The number of ether oxygens (including phenoxy) is 1. The Labute approximate surface area is 156 Å². The van der Waals surface area contributed by atoms with Gasteiger partial charge in [0.05, 0.1) is 17.8 Å². The predicted molar refractivity (Wildman–Crippen MR) is 106 cm³/mol. The average molecular weight is 375 g/mol. The smallest absolute Gasteiger partial charge is 0.263 e. The molecule has 0 bridgehead atoms. The first-order valence-corrected chi connectivity index (χ1v) is 10.5. The molecule has 0 radical (unpaired) electrons. The van der Waals surface area contributed by atoms with Crippen LogP contribution in [0.15, 0.2) is 24.3 Å². The number of rotatable bonds is 2. The molecule has 1 N–H and O–H groups in total. The van der Waals surface area contributed by atoms with E-state index in [1.807, 2.05) is 23.3 Å². The van der Waals surface area contributed by atoms with Crippen molar-refractivity contribution >= 4 is 39.7 Å². The highest BCUT2D eigenvalue weighted by atomic mass is 32.2. The minimum absolute atomic E-state index is 0.0916. The number of hydrogen-bond donors (Lipinski definition) is 1. The van der Waals surface area contributed by atoms with E-state index in [0.29, 0.717) is 6.61 Å². The largest absolute Gasteiger partial charge is 0.370 e. The Morgan fingerprint density at radius 2 is 2.20 bits per heavy atom. The fourth-order valence-corrected chi connectivity index (χ4v) is 5.36. The summed E-state index contributed by atoms with van der Waals surface area (Å²) in [6, 6.07) is 8.13. The van der Waals surface area contributed by atoms with E-state index in [2.05, 4.69) is 38.2 Å². The van der Waals surface area contributed by atoms with Gasteiger partial charge in [-0.3, -0.25) is 9.69 Å². The lowest BCUT2D eigenvalue weighted by molar-refractivity contribution is -0.0383. The summed E-state index contributed by atoms with van der Waals surface area (Å²) in [5, 5.41) is 4.55. The van der Waals surface area contributed by atoms with Crippen molar-refractivity contribution in [3.05, 3.63) is 45.8 Å². The Morgan fingerprint density at radius 3 is 2.92 bits per heavy atom. The van der Waals surface area contributed by atoms with Gasteiger partial charge in [-0.15, -0.1) is 23.1 Å². The van der Waals surface area contributed by atoms with E-state index in [1.165, 1.54) is 4.88 Å². The third-order valence-electron chi connectivity index (χ3n) is 4.71. The second-order valence-corrected chi connectivity index (χ2v) is 9.20. The number of carbonyl (C=O) groups excluding carboxylic acids is 1. The molecular formula is C19H22N2O2S2. The van der Waals surface area contributed by atoms with Gasteiger partial charge in [0.25, 0.3) is 5.91 Å². The molecule has 0 fully saturated rings. The molecule has 6 heteroatoms. The Morgan fingerprint density at radius 1 is 1.40 bits per heavy atom. The highest BCUT2D eigenvalue weighted by molar-refractivity contribution is 7.99.